The molecule has 3 aliphatic rings. The number of aromatic nitrogens is 3. The van der Waals surface area contributed by atoms with Crippen LogP contribution in [0.15, 0.2) is 41.3 Å². The van der Waals surface area contributed by atoms with E-state index in [1.807, 2.05) is 10.8 Å². The van der Waals surface area contributed by atoms with Crippen molar-refractivity contribution in [1.82, 2.24) is 19.4 Å². The first-order valence-corrected chi connectivity index (χ1v) is 12.7. The van der Waals surface area contributed by atoms with Crippen molar-refractivity contribution < 1.29 is 10.2 Å². The van der Waals surface area contributed by atoms with Crippen molar-refractivity contribution in [3.63, 3.8) is 0 Å². The van der Waals surface area contributed by atoms with Crippen LogP contribution in [0.25, 0.3) is 11.0 Å². The molecule has 2 aromatic heterocycles. The molecule has 3 aromatic rings. The Kier molecular flexibility index (Phi) is 5.25. The highest BCUT2D eigenvalue weighted by molar-refractivity contribution is 9.10. The summed E-state index contributed by atoms with van der Waals surface area (Å²) in [5.74, 6) is 0.256. The largest absolute Gasteiger partial charge is 0.390 e. The molecule has 1 saturated heterocycles. The summed E-state index contributed by atoms with van der Waals surface area (Å²) in [5, 5.41) is 22.6. The van der Waals surface area contributed by atoms with E-state index < -0.39 is 12.2 Å². The average molecular weight is 512 g/mol. The number of nitrogens with two attached hydrogens (primary N) is 1. The number of aliphatic hydroxyl groups excluding tert-OH is 2. The quantitative estimate of drug-likeness (QED) is 0.494. The van der Waals surface area contributed by atoms with Crippen molar-refractivity contribution >= 4 is 32.8 Å². The van der Waals surface area contributed by atoms with Crippen molar-refractivity contribution in [3.8, 4) is 0 Å². The number of rotatable bonds is 4. The second-order valence-electron chi connectivity index (χ2n) is 10.3. The molecule has 0 amide bonds. The zero-order chi connectivity index (χ0) is 22.7. The van der Waals surface area contributed by atoms with Crippen LogP contribution >= 0.6 is 15.9 Å². The fourth-order valence-corrected chi connectivity index (χ4v) is 6.91. The number of likely N-dealkylation sites (tertiary alicyclic amines) is 1. The number of aliphatic hydroxyl groups is 2. The molecular formula is C25H30BrN5O2. The average Bonchev–Trinajstić information content (AvgIpc) is 3.45. The van der Waals surface area contributed by atoms with Crippen LogP contribution in [0.5, 0.6) is 0 Å². The highest BCUT2D eigenvalue weighted by Crippen LogP contribution is 2.48. The summed E-state index contributed by atoms with van der Waals surface area (Å²) in [6, 6.07) is 8.32. The zero-order valence-corrected chi connectivity index (χ0v) is 20.2. The molecule has 8 heteroatoms. The van der Waals surface area contributed by atoms with E-state index in [0.29, 0.717) is 23.3 Å². The minimum Gasteiger partial charge on any atom is -0.390 e. The van der Waals surface area contributed by atoms with Gasteiger partial charge in [-0.25, -0.2) is 9.97 Å². The van der Waals surface area contributed by atoms with Crippen LogP contribution < -0.4 is 5.73 Å². The summed E-state index contributed by atoms with van der Waals surface area (Å²) < 4.78 is 2.71. The Morgan fingerprint density at radius 2 is 1.88 bits per heavy atom. The summed E-state index contributed by atoms with van der Waals surface area (Å²) >= 11 is 3.54. The van der Waals surface area contributed by atoms with E-state index >= 15 is 0 Å². The van der Waals surface area contributed by atoms with Crippen LogP contribution in [0.1, 0.15) is 55.2 Å². The van der Waals surface area contributed by atoms with E-state index in [4.69, 9.17) is 5.73 Å². The van der Waals surface area contributed by atoms with E-state index in [1.54, 1.807) is 0 Å². The first kappa shape index (κ1) is 21.5. The summed E-state index contributed by atoms with van der Waals surface area (Å²) in [6.45, 7) is 3.43. The van der Waals surface area contributed by atoms with Gasteiger partial charge in [-0.2, -0.15) is 0 Å². The molecule has 2 aliphatic carbocycles. The minimum atomic E-state index is -0.892. The van der Waals surface area contributed by atoms with E-state index in [-0.39, 0.29) is 12.0 Å². The van der Waals surface area contributed by atoms with Crippen molar-refractivity contribution in [2.75, 3.05) is 18.8 Å². The number of anilines is 1. The molecule has 4 atom stereocenters. The molecular weight excluding hydrogens is 482 g/mol. The van der Waals surface area contributed by atoms with Crippen molar-refractivity contribution in [1.29, 1.82) is 0 Å². The zero-order valence-electron chi connectivity index (χ0n) is 18.6. The highest BCUT2D eigenvalue weighted by atomic mass is 79.9. The third kappa shape index (κ3) is 3.58. The first-order valence-electron chi connectivity index (χ1n) is 11.9. The monoisotopic (exact) mass is 511 g/mol. The second-order valence-corrected chi connectivity index (χ2v) is 11.1. The molecule has 0 radical (unpaired) electrons. The number of benzene rings is 1. The molecule has 0 bridgehead atoms. The maximum absolute atomic E-state index is 10.9. The van der Waals surface area contributed by atoms with Crippen molar-refractivity contribution in [3.05, 3.63) is 52.4 Å². The summed E-state index contributed by atoms with van der Waals surface area (Å²) in [7, 11) is 0. The van der Waals surface area contributed by atoms with Crippen LogP contribution in [0.2, 0.25) is 0 Å². The minimum absolute atomic E-state index is 0.139. The third-order valence-electron chi connectivity index (χ3n) is 8.35. The number of nitrogens with zero attached hydrogens (tertiary/aromatic N) is 4. The second kappa shape index (κ2) is 8.05. The number of hydrogen-bond acceptors (Lipinski definition) is 6. The fourth-order valence-electron chi connectivity index (χ4n) is 6.31. The fraction of sp³-hybridized carbons (Fsp3) is 0.520. The molecule has 2 saturated carbocycles. The number of fused-ring (bicyclic) bond motifs is 1. The van der Waals surface area contributed by atoms with E-state index in [2.05, 4.69) is 55.1 Å². The lowest BCUT2D eigenvalue weighted by molar-refractivity contribution is 0.0179. The standard InChI is InChI=1S/C25H30BrN5O2/c26-18-12-31(24-20(18)23(27)28-14-29-24)19-10-17(21(32)22(19)33)16-4-2-15(3-5-16)11-30-9-8-25(13-30)6-1-7-25/h2-5,12,14,17,19,21-22,32-33H,1,6-11,13H2,(H2,27,28,29)/t17-,19-,21-,22+/m1/s1. The SMILES string of the molecule is Nc1ncnc2c1c(Br)cn2[C@@H]1C[C@H](c2ccc(CN3CCC4(CCC4)C3)cc2)[C@@H](O)[C@H]1O. The Hall–Kier alpha value is -2.00. The first-order chi connectivity index (χ1) is 15.9. The van der Waals surface area contributed by atoms with E-state index in [9.17, 15) is 10.2 Å². The maximum atomic E-state index is 10.9. The van der Waals surface area contributed by atoms with Crippen LogP contribution in [0.4, 0.5) is 5.82 Å². The topological polar surface area (TPSA) is 100 Å². The molecule has 174 valence electrons. The predicted octanol–water partition coefficient (Wildman–Crippen LogP) is 3.60. The van der Waals surface area contributed by atoms with Gasteiger partial charge in [0.05, 0.1) is 17.5 Å². The molecule has 3 fully saturated rings. The van der Waals surface area contributed by atoms with Gasteiger partial charge in [0.25, 0.3) is 0 Å². The Bertz CT molecular complexity index is 1180. The van der Waals surface area contributed by atoms with Crippen molar-refractivity contribution in [2.24, 2.45) is 5.41 Å². The van der Waals surface area contributed by atoms with Crippen LogP contribution in [-0.4, -0.2) is 54.9 Å². The van der Waals surface area contributed by atoms with Gasteiger partial charge in [-0.1, -0.05) is 30.7 Å². The van der Waals surface area contributed by atoms with Gasteiger partial charge < -0.3 is 20.5 Å². The summed E-state index contributed by atoms with van der Waals surface area (Å²) in [4.78, 5) is 11.0. The Balaban J connectivity index is 1.19. The summed E-state index contributed by atoms with van der Waals surface area (Å²) in [5.41, 5.74) is 9.70. The van der Waals surface area contributed by atoms with Crippen LogP contribution in [0, 0.1) is 5.41 Å². The lowest BCUT2D eigenvalue weighted by Gasteiger charge is -2.38. The summed E-state index contributed by atoms with van der Waals surface area (Å²) in [6.07, 6.45) is 7.75. The molecule has 6 rings (SSSR count). The van der Waals surface area contributed by atoms with E-state index in [1.165, 1.54) is 50.7 Å². The van der Waals surface area contributed by atoms with Gasteiger partial charge in [0, 0.05) is 29.7 Å². The van der Waals surface area contributed by atoms with Gasteiger partial charge in [-0.15, -0.1) is 0 Å². The highest BCUT2D eigenvalue weighted by Gasteiger charge is 2.44. The Morgan fingerprint density at radius 3 is 2.58 bits per heavy atom. The van der Waals surface area contributed by atoms with Gasteiger partial charge in [0.2, 0.25) is 0 Å². The molecule has 3 heterocycles. The van der Waals surface area contributed by atoms with Gasteiger partial charge in [-0.3, -0.25) is 4.90 Å². The number of nitrogen functional groups attached to an aromatic ring is 1. The molecule has 7 nitrogen and oxygen atoms in total. The van der Waals surface area contributed by atoms with Gasteiger partial charge in [0.1, 0.15) is 23.9 Å². The van der Waals surface area contributed by atoms with Crippen molar-refractivity contribution in [2.45, 2.75) is 62.8 Å². The molecule has 1 aliphatic heterocycles. The maximum Gasteiger partial charge on any atom is 0.146 e. The Labute approximate surface area is 201 Å². The smallest absolute Gasteiger partial charge is 0.146 e. The molecule has 33 heavy (non-hydrogen) atoms. The van der Waals surface area contributed by atoms with E-state index in [0.717, 1.165) is 22.0 Å². The third-order valence-corrected chi connectivity index (χ3v) is 8.95. The van der Waals surface area contributed by atoms with Gasteiger partial charge >= 0.3 is 0 Å². The number of halogens is 1. The Morgan fingerprint density at radius 1 is 1.09 bits per heavy atom. The molecule has 1 spiro atoms. The molecule has 0 unspecified atom stereocenters. The van der Waals surface area contributed by atoms with Gasteiger partial charge in [-0.05, 0) is 64.7 Å². The molecule has 1 aromatic carbocycles. The normalized spacial score (nSPS) is 29.2. The van der Waals surface area contributed by atoms with Crippen LogP contribution in [-0.2, 0) is 6.54 Å². The van der Waals surface area contributed by atoms with Crippen LogP contribution in [0.3, 0.4) is 0 Å². The lowest BCUT2D eigenvalue weighted by atomic mass is 9.68. The van der Waals surface area contributed by atoms with Gasteiger partial charge in [0.15, 0.2) is 0 Å². The lowest BCUT2D eigenvalue weighted by Crippen LogP contribution is -2.32. The number of hydrogen-bond donors (Lipinski definition) is 3. The predicted molar refractivity (Wildman–Crippen MR) is 131 cm³/mol. The molecule has 4 N–H and O–H groups in total.